The van der Waals surface area contributed by atoms with Crippen LogP contribution < -0.4 is 24.2 Å². The van der Waals surface area contributed by atoms with Crippen molar-refractivity contribution in [1.29, 1.82) is 0 Å². The molecule has 9 nitrogen and oxygen atoms in total. The van der Waals surface area contributed by atoms with Gasteiger partial charge in [0, 0.05) is 18.7 Å². The number of hydrogen-bond donors (Lipinski definition) is 3. The van der Waals surface area contributed by atoms with Crippen molar-refractivity contribution < 1.29 is 32.5 Å². The molecule has 32 heavy (non-hydrogen) atoms. The quantitative estimate of drug-likeness (QED) is 0.436. The van der Waals surface area contributed by atoms with Crippen LogP contribution in [0.1, 0.15) is 23.2 Å². The van der Waals surface area contributed by atoms with Gasteiger partial charge in [-0.25, -0.2) is 13.1 Å². The van der Waals surface area contributed by atoms with Crippen molar-refractivity contribution in [2.45, 2.75) is 23.8 Å². The summed E-state index contributed by atoms with van der Waals surface area (Å²) in [5.74, 6) is 1.15. The van der Waals surface area contributed by atoms with Crippen LogP contribution in [0.15, 0.2) is 47.4 Å². The van der Waals surface area contributed by atoms with E-state index in [2.05, 4.69) is 10.0 Å². The van der Waals surface area contributed by atoms with E-state index in [1.54, 1.807) is 18.2 Å². The molecule has 1 atom stereocenters. The van der Waals surface area contributed by atoms with Crippen molar-refractivity contribution in [3.8, 4) is 17.2 Å². The van der Waals surface area contributed by atoms with E-state index in [1.165, 1.54) is 38.5 Å². The molecule has 0 bridgehead atoms. The van der Waals surface area contributed by atoms with Gasteiger partial charge in [0.15, 0.2) is 11.5 Å². The lowest BCUT2D eigenvalue weighted by Gasteiger charge is -2.17. The maximum absolute atomic E-state index is 12.5. The Morgan fingerprint density at radius 2 is 1.78 bits per heavy atom. The third kappa shape index (κ3) is 6.35. The van der Waals surface area contributed by atoms with Crippen molar-refractivity contribution in [2.75, 3.05) is 33.9 Å². The summed E-state index contributed by atoms with van der Waals surface area (Å²) in [5.41, 5.74) is 0.179. The van der Waals surface area contributed by atoms with Crippen LogP contribution in [0.4, 0.5) is 0 Å². The van der Waals surface area contributed by atoms with E-state index < -0.39 is 22.0 Å². The number of aliphatic hydroxyl groups is 1. The third-order valence-corrected chi connectivity index (χ3v) is 6.39. The van der Waals surface area contributed by atoms with Gasteiger partial charge in [-0.2, -0.15) is 0 Å². The number of carbonyl (C=O) groups excluding carboxylic acids is 1. The van der Waals surface area contributed by atoms with Crippen LogP contribution in [0, 0.1) is 5.92 Å². The molecule has 1 aliphatic carbocycles. The molecule has 10 heteroatoms. The van der Waals surface area contributed by atoms with Gasteiger partial charge >= 0.3 is 0 Å². The third-order valence-electron chi connectivity index (χ3n) is 4.97. The molecule has 0 heterocycles. The summed E-state index contributed by atoms with van der Waals surface area (Å²) < 4.78 is 43.5. The van der Waals surface area contributed by atoms with Gasteiger partial charge in [-0.1, -0.05) is 12.1 Å². The summed E-state index contributed by atoms with van der Waals surface area (Å²) in [6.45, 7) is 0.200. The molecule has 2 aromatic rings. The molecule has 1 amide bonds. The molecule has 1 aliphatic rings. The van der Waals surface area contributed by atoms with Crippen molar-refractivity contribution >= 4 is 15.9 Å². The molecule has 3 rings (SSSR count). The molecule has 1 fully saturated rings. The van der Waals surface area contributed by atoms with Crippen molar-refractivity contribution in [1.82, 2.24) is 10.0 Å². The van der Waals surface area contributed by atoms with Crippen LogP contribution in [0.25, 0.3) is 0 Å². The Balaban J connectivity index is 1.54. The maximum Gasteiger partial charge on any atom is 0.251 e. The lowest BCUT2D eigenvalue weighted by atomic mass is 10.2. The Morgan fingerprint density at radius 1 is 1.12 bits per heavy atom. The topological polar surface area (TPSA) is 123 Å². The minimum absolute atomic E-state index is 0.0259. The van der Waals surface area contributed by atoms with Gasteiger partial charge in [0.25, 0.3) is 5.91 Å². The zero-order valence-corrected chi connectivity index (χ0v) is 18.9. The molecule has 0 aliphatic heterocycles. The van der Waals surface area contributed by atoms with E-state index in [0.717, 1.165) is 12.8 Å². The molecule has 2 aromatic carbocycles. The van der Waals surface area contributed by atoms with Crippen LogP contribution >= 0.6 is 0 Å². The largest absolute Gasteiger partial charge is 0.493 e. The number of ether oxygens (including phenoxy) is 3. The molecule has 1 saturated carbocycles. The van der Waals surface area contributed by atoms with Crippen LogP contribution in [0.2, 0.25) is 0 Å². The number of rotatable bonds is 12. The van der Waals surface area contributed by atoms with Crippen LogP contribution in [0.5, 0.6) is 17.2 Å². The first-order valence-electron chi connectivity index (χ1n) is 10.2. The van der Waals surface area contributed by atoms with Gasteiger partial charge < -0.3 is 24.6 Å². The first-order chi connectivity index (χ1) is 15.3. The Labute approximate surface area is 187 Å². The summed E-state index contributed by atoms with van der Waals surface area (Å²) in [6.07, 6.45) is 1.04. The average molecular weight is 465 g/mol. The lowest BCUT2D eigenvalue weighted by molar-refractivity contribution is 0.0833. The fourth-order valence-corrected chi connectivity index (χ4v) is 4.11. The standard InChI is InChI=1S/C22H28N2O7S/c1-29-19-7-4-8-20(30-2)21(19)31-14-17(25)13-23-22(26)16-5-3-6-18(11-16)32(27,28)24-12-15-9-10-15/h3-8,11,15,17,24-25H,9-10,12-14H2,1-2H3,(H,23,26). The number of hydrogen-bond acceptors (Lipinski definition) is 7. The highest BCUT2D eigenvalue weighted by atomic mass is 32.2. The first kappa shape index (κ1) is 23.8. The summed E-state index contributed by atoms with van der Waals surface area (Å²) >= 11 is 0. The number of amides is 1. The molecular formula is C22H28N2O7S. The Bertz CT molecular complexity index is 1020. The number of methoxy groups -OCH3 is 2. The number of benzene rings is 2. The second-order valence-corrected chi connectivity index (χ2v) is 9.26. The Kier molecular flexibility index (Phi) is 7.94. The fourth-order valence-electron chi connectivity index (χ4n) is 2.95. The van der Waals surface area contributed by atoms with Crippen LogP contribution in [0.3, 0.4) is 0 Å². The minimum Gasteiger partial charge on any atom is -0.493 e. The van der Waals surface area contributed by atoms with Crippen molar-refractivity contribution in [3.05, 3.63) is 48.0 Å². The smallest absolute Gasteiger partial charge is 0.251 e. The molecule has 174 valence electrons. The van der Waals surface area contributed by atoms with Crippen molar-refractivity contribution in [2.24, 2.45) is 5.92 Å². The highest BCUT2D eigenvalue weighted by Gasteiger charge is 2.24. The van der Waals surface area contributed by atoms with E-state index >= 15 is 0 Å². The van der Waals surface area contributed by atoms with Crippen molar-refractivity contribution in [3.63, 3.8) is 0 Å². The number of nitrogens with one attached hydrogen (secondary N) is 2. The van der Waals surface area contributed by atoms with Crippen LogP contribution in [-0.4, -0.2) is 59.5 Å². The predicted octanol–water partition coefficient (Wildman–Crippen LogP) is 1.56. The second-order valence-electron chi connectivity index (χ2n) is 7.49. The van der Waals surface area contributed by atoms with E-state index in [1.807, 2.05) is 0 Å². The highest BCUT2D eigenvalue weighted by molar-refractivity contribution is 7.89. The number of aliphatic hydroxyl groups excluding tert-OH is 1. The SMILES string of the molecule is COc1cccc(OC)c1OCC(O)CNC(=O)c1cccc(S(=O)(=O)NCC2CC2)c1. The normalized spacial score (nSPS) is 14.5. The summed E-state index contributed by atoms with van der Waals surface area (Å²) in [4.78, 5) is 12.5. The van der Waals surface area contributed by atoms with Gasteiger partial charge in [-0.3, -0.25) is 4.79 Å². The maximum atomic E-state index is 12.5. The molecule has 0 saturated heterocycles. The number of para-hydroxylation sites is 1. The number of carbonyl (C=O) groups is 1. The Morgan fingerprint density at radius 3 is 2.41 bits per heavy atom. The van der Waals surface area contributed by atoms with E-state index in [0.29, 0.717) is 29.7 Å². The van der Waals surface area contributed by atoms with Gasteiger partial charge in [0.1, 0.15) is 12.7 Å². The predicted molar refractivity (Wildman–Crippen MR) is 118 cm³/mol. The number of sulfonamides is 1. The van der Waals surface area contributed by atoms with E-state index in [-0.39, 0.29) is 23.6 Å². The van der Waals surface area contributed by atoms with Gasteiger partial charge in [-0.05, 0) is 49.1 Å². The summed E-state index contributed by atoms with van der Waals surface area (Å²) in [6, 6.07) is 10.9. The summed E-state index contributed by atoms with van der Waals surface area (Å²) in [7, 11) is -0.690. The van der Waals surface area contributed by atoms with Gasteiger partial charge in [0.05, 0.1) is 19.1 Å². The van der Waals surface area contributed by atoms with E-state index in [4.69, 9.17) is 14.2 Å². The first-order valence-corrected chi connectivity index (χ1v) is 11.7. The highest BCUT2D eigenvalue weighted by Crippen LogP contribution is 2.36. The molecule has 0 radical (unpaired) electrons. The van der Waals surface area contributed by atoms with Crippen LogP contribution in [-0.2, 0) is 10.0 Å². The monoisotopic (exact) mass is 464 g/mol. The molecule has 3 N–H and O–H groups in total. The zero-order chi connectivity index (χ0) is 23.1. The minimum atomic E-state index is -3.68. The fraction of sp³-hybridized carbons (Fsp3) is 0.409. The summed E-state index contributed by atoms with van der Waals surface area (Å²) in [5, 5.41) is 12.8. The lowest BCUT2D eigenvalue weighted by Crippen LogP contribution is -2.35. The van der Waals surface area contributed by atoms with Gasteiger partial charge in [0.2, 0.25) is 15.8 Å². The average Bonchev–Trinajstić information content (AvgIpc) is 3.64. The molecule has 1 unspecified atom stereocenters. The van der Waals surface area contributed by atoms with Gasteiger partial charge in [-0.15, -0.1) is 0 Å². The molecular weight excluding hydrogens is 436 g/mol. The second kappa shape index (κ2) is 10.7. The molecule has 0 spiro atoms. The molecule has 0 aromatic heterocycles. The Hall–Kier alpha value is -2.82. The zero-order valence-electron chi connectivity index (χ0n) is 18.0. The van der Waals surface area contributed by atoms with E-state index in [9.17, 15) is 18.3 Å².